The molecular formula is C16H20F3N3. The lowest BCUT2D eigenvalue weighted by molar-refractivity contribution is -0.141. The number of alkyl halides is 3. The van der Waals surface area contributed by atoms with Crippen LogP contribution in [0.4, 0.5) is 13.2 Å². The number of hydrogen-bond donors (Lipinski definition) is 1. The molecule has 0 aliphatic carbocycles. The van der Waals surface area contributed by atoms with Gasteiger partial charge in [0.25, 0.3) is 0 Å². The Kier molecular flexibility index (Phi) is 6.49. The summed E-state index contributed by atoms with van der Waals surface area (Å²) in [6.07, 6.45) is 0.183. The lowest BCUT2D eigenvalue weighted by Gasteiger charge is -2.12. The standard InChI is InChI=1S/C16H20F3N3/c1-4-6-11(3)21-10-12(5-2)15-13(9-20)7-8-14(22-15)16(17,18)19/h5,7-8,10H,2,4,6,9,20H2,1,3H3/b12-10+,21-11?. The highest BCUT2D eigenvalue weighted by atomic mass is 19.4. The van der Waals surface area contributed by atoms with Crippen LogP contribution in [-0.2, 0) is 12.7 Å². The molecule has 0 spiro atoms. The van der Waals surface area contributed by atoms with Gasteiger partial charge in [0.15, 0.2) is 0 Å². The van der Waals surface area contributed by atoms with Crippen LogP contribution in [0.1, 0.15) is 43.6 Å². The van der Waals surface area contributed by atoms with Gasteiger partial charge in [0.2, 0.25) is 0 Å². The summed E-state index contributed by atoms with van der Waals surface area (Å²) in [5, 5.41) is 0. The summed E-state index contributed by atoms with van der Waals surface area (Å²) >= 11 is 0. The highest BCUT2D eigenvalue weighted by Gasteiger charge is 2.33. The van der Waals surface area contributed by atoms with E-state index in [1.807, 2.05) is 13.8 Å². The van der Waals surface area contributed by atoms with Crippen molar-refractivity contribution in [2.75, 3.05) is 0 Å². The number of nitrogens with zero attached hydrogens (tertiary/aromatic N) is 2. The third-order valence-corrected chi connectivity index (χ3v) is 3.02. The second-order valence-corrected chi connectivity index (χ2v) is 4.81. The van der Waals surface area contributed by atoms with Crippen LogP contribution in [0.25, 0.3) is 5.57 Å². The van der Waals surface area contributed by atoms with Crippen LogP contribution in [0.15, 0.2) is 36.0 Å². The first kappa shape index (κ1) is 18.1. The van der Waals surface area contributed by atoms with Gasteiger partial charge >= 0.3 is 6.18 Å². The molecule has 6 heteroatoms. The zero-order valence-electron chi connectivity index (χ0n) is 12.7. The summed E-state index contributed by atoms with van der Waals surface area (Å²) in [7, 11) is 0. The summed E-state index contributed by atoms with van der Waals surface area (Å²) < 4.78 is 38.5. The summed E-state index contributed by atoms with van der Waals surface area (Å²) in [6.45, 7) is 7.61. The first-order valence-electron chi connectivity index (χ1n) is 6.96. The topological polar surface area (TPSA) is 51.3 Å². The zero-order chi connectivity index (χ0) is 16.8. The van der Waals surface area contributed by atoms with Crippen LogP contribution in [0, 0.1) is 0 Å². The van der Waals surface area contributed by atoms with Gasteiger partial charge in [-0.3, -0.25) is 4.99 Å². The van der Waals surface area contributed by atoms with Gasteiger partial charge in [-0.25, -0.2) is 4.98 Å². The molecule has 0 aliphatic rings. The number of halogens is 3. The van der Waals surface area contributed by atoms with Crippen molar-refractivity contribution in [3.8, 4) is 0 Å². The van der Waals surface area contributed by atoms with Crippen LogP contribution in [0.3, 0.4) is 0 Å². The molecule has 1 heterocycles. The predicted octanol–water partition coefficient (Wildman–Crippen LogP) is 4.35. The average Bonchev–Trinajstić information content (AvgIpc) is 2.47. The zero-order valence-corrected chi connectivity index (χ0v) is 12.7. The second-order valence-electron chi connectivity index (χ2n) is 4.81. The Morgan fingerprint density at radius 3 is 2.59 bits per heavy atom. The van der Waals surface area contributed by atoms with Crippen LogP contribution in [0.5, 0.6) is 0 Å². The molecule has 0 radical (unpaired) electrons. The van der Waals surface area contributed by atoms with Gasteiger partial charge in [-0.2, -0.15) is 13.2 Å². The van der Waals surface area contributed by atoms with Crippen LogP contribution < -0.4 is 5.73 Å². The minimum absolute atomic E-state index is 0.0866. The Balaban J connectivity index is 3.33. The maximum absolute atomic E-state index is 12.8. The normalized spacial score (nSPS) is 13.4. The maximum atomic E-state index is 12.8. The largest absolute Gasteiger partial charge is 0.433 e. The van der Waals surface area contributed by atoms with E-state index in [-0.39, 0.29) is 12.2 Å². The molecule has 120 valence electrons. The quantitative estimate of drug-likeness (QED) is 0.627. The van der Waals surface area contributed by atoms with Gasteiger partial charge < -0.3 is 5.73 Å². The summed E-state index contributed by atoms with van der Waals surface area (Å²) in [5.41, 5.74) is 6.62. The molecule has 1 aromatic heterocycles. The first-order valence-corrected chi connectivity index (χ1v) is 6.96. The molecule has 1 aromatic rings. The second kappa shape index (κ2) is 7.89. The minimum atomic E-state index is -4.50. The van der Waals surface area contributed by atoms with E-state index in [4.69, 9.17) is 5.73 Å². The summed E-state index contributed by atoms with van der Waals surface area (Å²) in [4.78, 5) is 7.95. The van der Waals surface area contributed by atoms with E-state index < -0.39 is 11.9 Å². The molecule has 0 amide bonds. The molecule has 0 bridgehead atoms. The SMILES string of the molecule is C=C/C(=C\N=C(C)CCC)c1nc(C(F)(F)F)ccc1CN. The fourth-order valence-electron chi connectivity index (χ4n) is 1.88. The van der Waals surface area contributed by atoms with Gasteiger partial charge in [-0.05, 0) is 25.0 Å². The number of allylic oxidation sites excluding steroid dienone is 2. The van der Waals surface area contributed by atoms with Crippen molar-refractivity contribution in [3.05, 3.63) is 47.9 Å². The minimum Gasteiger partial charge on any atom is -0.326 e. The van der Waals surface area contributed by atoms with Gasteiger partial charge in [-0.15, -0.1) is 0 Å². The van der Waals surface area contributed by atoms with Crippen molar-refractivity contribution in [1.29, 1.82) is 0 Å². The fourth-order valence-corrected chi connectivity index (χ4v) is 1.88. The van der Waals surface area contributed by atoms with E-state index in [1.165, 1.54) is 18.3 Å². The van der Waals surface area contributed by atoms with Crippen molar-refractivity contribution >= 4 is 11.3 Å². The Bertz CT molecular complexity index is 587. The molecule has 22 heavy (non-hydrogen) atoms. The number of pyridine rings is 1. The van der Waals surface area contributed by atoms with Crippen molar-refractivity contribution in [3.63, 3.8) is 0 Å². The van der Waals surface area contributed by atoms with E-state index in [0.29, 0.717) is 11.1 Å². The Hall–Kier alpha value is -1.95. The van der Waals surface area contributed by atoms with E-state index in [1.54, 1.807) is 0 Å². The number of nitrogens with two attached hydrogens (primary N) is 1. The highest BCUT2D eigenvalue weighted by molar-refractivity contribution is 5.84. The van der Waals surface area contributed by atoms with E-state index in [9.17, 15) is 13.2 Å². The Morgan fingerprint density at radius 2 is 2.09 bits per heavy atom. The molecule has 1 rings (SSSR count). The van der Waals surface area contributed by atoms with Gasteiger partial charge in [0, 0.05) is 24.0 Å². The number of rotatable bonds is 6. The first-order chi connectivity index (χ1) is 10.3. The summed E-state index contributed by atoms with van der Waals surface area (Å²) in [5.74, 6) is 0. The van der Waals surface area contributed by atoms with E-state index in [0.717, 1.165) is 24.6 Å². The van der Waals surface area contributed by atoms with Crippen molar-refractivity contribution < 1.29 is 13.2 Å². The van der Waals surface area contributed by atoms with Crippen LogP contribution in [0.2, 0.25) is 0 Å². The molecule has 0 aromatic carbocycles. The van der Waals surface area contributed by atoms with Crippen LogP contribution >= 0.6 is 0 Å². The fraction of sp³-hybridized carbons (Fsp3) is 0.375. The van der Waals surface area contributed by atoms with Crippen molar-refractivity contribution in [2.24, 2.45) is 10.7 Å². The molecule has 3 nitrogen and oxygen atoms in total. The molecule has 0 unspecified atom stereocenters. The smallest absolute Gasteiger partial charge is 0.326 e. The molecular weight excluding hydrogens is 291 g/mol. The lowest BCUT2D eigenvalue weighted by atomic mass is 10.1. The number of aliphatic imine (C=N–C) groups is 1. The van der Waals surface area contributed by atoms with Gasteiger partial charge in [0.1, 0.15) is 5.69 Å². The number of hydrogen-bond acceptors (Lipinski definition) is 3. The average molecular weight is 311 g/mol. The molecule has 0 aliphatic heterocycles. The third-order valence-electron chi connectivity index (χ3n) is 3.02. The molecule has 0 saturated heterocycles. The molecule has 0 saturated carbocycles. The van der Waals surface area contributed by atoms with Crippen LogP contribution in [-0.4, -0.2) is 10.7 Å². The predicted molar refractivity (Wildman–Crippen MR) is 83.3 cm³/mol. The number of aromatic nitrogens is 1. The van der Waals surface area contributed by atoms with Crippen molar-refractivity contribution in [2.45, 2.75) is 39.4 Å². The van der Waals surface area contributed by atoms with E-state index >= 15 is 0 Å². The third kappa shape index (κ3) is 4.80. The molecule has 0 atom stereocenters. The summed E-state index contributed by atoms with van der Waals surface area (Å²) in [6, 6.07) is 2.27. The monoisotopic (exact) mass is 311 g/mol. The highest BCUT2D eigenvalue weighted by Crippen LogP contribution is 2.30. The Labute approximate surface area is 128 Å². The Morgan fingerprint density at radius 1 is 1.41 bits per heavy atom. The van der Waals surface area contributed by atoms with Gasteiger partial charge in [0.05, 0.1) is 5.69 Å². The van der Waals surface area contributed by atoms with Gasteiger partial charge in [-0.1, -0.05) is 32.1 Å². The van der Waals surface area contributed by atoms with Crippen molar-refractivity contribution in [1.82, 2.24) is 4.98 Å². The maximum Gasteiger partial charge on any atom is 0.433 e. The molecule has 0 fully saturated rings. The lowest BCUT2D eigenvalue weighted by Crippen LogP contribution is -2.12. The molecule has 2 N–H and O–H groups in total. The van der Waals surface area contributed by atoms with E-state index in [2.05, 4.69) is 16.6 Å².